The quantitative estimate of drug-likeness (QED) is 0.427. The van der Waals surface area contributed by atoms with Crippen LogP contribution in [-0.2, 0) is 4.74 Å². The molecule has 3 heteroatoms. The molecule has 0 radical (unpaired) electrons. The molecule has 0 amide bonds. The van der Waals surface area contributed by atoms with E-state index in [2.05, 4.69) is 23.4 Å². The van der Waals surface area contributed by atoms with Crippen LogP contribution in [0, 0.1) is 7.05 Å². The highest BCUT2D eigenvalue weighted by molar-refractivity contribution is 4.86. The van der Waals surface area contributed by atoms with Crippen LogP contribution < -0.4 is 0 Å². The van der Waals surface area contributed by atoms with E-state index in [0.29, 0.717) is 0 Å². The van der Waals surface area contributed by atoms with Crippen LogP contribution in [0.2, 0.25) is 0 Å². The van der Waals surface area contributed by atoms with Crippen molar-refractivity contribution in [3.8, 4) is 0 Å². The highest BCUT2D eigenvalue weighted by Crippen LogP contribution is 2.06. The minimum Gasteiger partial charge on any atom is -0.483 e. The Morgan fingerprint density at radius 2 is 1.91 bits per heavy atom. The lowest BCUT2D eigenvalue weighted by atomic mass is 10.3. The minimum atomic E-state index is 0.762. The molecule has 0 aliphatic carbocycles. The molecule has 1 rings (SSSR count). The van der Waals surface area contributed by atoms with Gasteiger partial charge in [-0.1, -0.05) is 0 Å². The summed E-state index contributed by atoms with van der Waals surface area (Å²) in [5.74, 6) is 0.762. The Hall–Kier alpha value is -0.700. The summed E-state index contributed by atoms with van der Waals surface area (Å²) in [6.07, 6.45) is 0. The standard InChI is InChI=1S/C8H15N2O/c1-8(11-3)10-6-4-9(2)5-7-10/h1-2,4-7H2,3H3/q-1. The summed E-state index contributed by atoms with van der Waals surface area (Å²) in [4.78, 5) is 4.18. The summed E-state index contributed by atoms with van der Waals surface area (Å²) >= 11 is 0. The third-order valence-corrected chi connectivity index (χ3v) is 1.96. The molecule has 1 aliphatic rings. The molecule has 0 aromatic rings. The Morgan fingerprint density at radius 1 is 1.36 bits per heavy atom. The van der Waals surface area contributed by atoms with E-state index < -0.39 is 0 Å². The minimum absolute atomic E-state index is 0.762. The lowest BCUT2D eigenvalue weighted by Crippen LogP contribution is -2.43. The van der Waals surface area contributed by atoms with Crippen molar-refractivity contribution in [3.63, 3.8) is 0 Å². The van der Waals surface area contributed by atoms with Gasteiger partial charge >= 0.3 is 0 Å². The van der Waals surface area contributed by atoms with Gasteiger partial charge in [0.2, 0.25) is 0 Å². The van der Waals surface area contributed by atoms with Gasteiger partial charge in [-0.25, -0.2) is 0 Å². The van der Waals surface area contributed by atoms with Gasteiger partial charge in [0.05, 0.1) is 7.11 Å². The van der Waals surface area contributed by atoms with Crippen molar-refractivity contribution in [2.75, 3.05) is 33.3 Å². The Bertz CT molecular complexity index is 139. The second-order valence-electron chi connectivity index (χ2n) is 2.70. The van der Waals surface area contributed by atoms with Gasteiger partial charge < -0.3 is 14.5 Å². The fourth-order valence-electron chi connectivity index (χ4n) is 1.13. The van der Waals surface area contributed by atoms with Crippen LogP contribution >= 0.6 is 0 Å². The van der Waals surface area contributed by atoms with E-state index in [1.165, 1.54) is 0 Å². The number of nitrogens with zero attached hydrogens (tertiary/aromatic N) is 2. The lowest BCUT2D eigenvalue weighted by Gasteiger charge is -2.38. The van der Waals surface area contributed by atoms with Gasteiger partial charge in [-0.3, -0.25) is 7.05 Å². The first-order valence-corrected chi connectivity index (χ1v) is 3.77. The van der Waals surface area contributed by atoms with Gasteiger partial charge in [0.15, 0.2) is 5.88 Å². The van der Waals surface area contributed by atoms with Crippen molar-refractivity contribution in [2.45, 2.75) is 0 Å². The van der Waals surface area contributed by atoms with E-state index in [1.807, 2.05) is 0 Å². The number of hydrogen-bond donors (Lipinski definition) is 0. The second kappa shape index (κ2) is 3.62. The van der Waals surface area contributed by atoms with Crippen molar-refractivity contribution >= 4 is 0 Å². The van der Waals surface area contributed by atoms with Gasteiger partial charge in [-0.2, -0.15) is 0 Å². The van der Waals surface area contributed by atoms with Crippen LogP contribution in [0.25, 0.3) is 0 Å². The third kappa shape index (κ3) is 2.12. The molecule has 64 valence electrons. The van der Waals surface area contributed by atoms with Gasteiger partial charge in [0, 0.05) is 13.1 Å². The fourth-order valence-corrected chi connectivity index (χ4v) is 1.13. The van der Waals surface area contributed by atoms with Gasteiger partial charge in [-0.15, -0.1) is 0 Å². The highest BCUT2D eigenvalue weighted by atomic mass is 16.5. The van der Waals surface area contributed by atoms with Crippen LogP contribution in [0.1, 0.15) is 0 Å². The van der Waals surface area contributed by atoms with Crippen LogP contribution in [0.3, 0.4) is 0 Å². The molecule has 0 N–H and O–H groups in total. The molecular formula is C8H15N2O-. The molecule has 11 heavy (non-hydrogen) atoms. The maximum Gasteiger partial charge on any atom is 0.181 e. The van der Waals surface area contributed by atoms with Gasteiger partial charge in [0.1, 0.15) is 0 Å². The molecule has 0 bridgehead atoms. The van der Waals surface area contributed by atoms with Crippen molar-refractivity contribution in [1.29, 1.82) is 0 Å². The molecule has 1 aliphatic heterocycles. The van der Waals surface area contributed by atoms with Crippen molar-refractivity contribution < 1.29 is 4.74 Å². The van der Waals surface area contributed by atoms with E-state index in [1.54, 1.807) is 7.11 Å². The van der Waals surface area contributed by atoms with Crippen LogP contribution in [-0.4, -0.2) is 43.1 Å². The molecule has 0 aromatic carbocycles. The maximum absolute atomic E-state index is 5.02. The number of methoxy groups -OCH3 is 1. The predicted octanol–water partition coefficient (Wildman–Crippen LogP) is 0.513. The SMILES string of the molecule is C=C(OC)N1CCN([CH2-])CC1. The average Bonchev–Trinajstić information content (AvgIpc) is 2.05. The van der Waals surface area contributed by atoms with Crippen molar-refractivity contribution in [1.82, 2.24) is 9.80 Å². The van der Waals surface area contributed by atoms with E-state index in [-0.39, 0.29) is 0 Å². The number of rotatable bonds is 2. The van der Waals surface area contributed by atoms with E-state index in [4.69, 9.17) is 4.74 Å². The van der Waals surface area contributed by atoms with Crippen molar-refractivity contribution in [2.24, 2.45) is 0 Å². The number of ether oxygens (including phenoxy) is 1. The fraction of sp³-hybridized carbons (Fsp3) is 0.625. The maximum atomic E-state index is 5.02. The Balaban J connectivity index is 2.33. The molecule has 1 fully saturated rings. The summed E-state index contributed by atoms with van der Waals surface area (Å²) in [6, 6.07) is 0. The summed E-state index contributed by atoms with van der Waals surface area (Å²) < 4.78 is 5.02. The summed E-state index contributed by atoms with van der Waals surface area (Å²) in [7, 11) is 5.50. The zero-order valence-electron chi connectivity index (χ0n) is 7.05. The number of piperazine rings is 1. The Morgan fingerprint density at radius 3 is 2.36 bits per heavy atom. The van der Waals surface area contributed by atoms with E-state index >= 15 is 0 Å². The first kappa shape index (κ1) is 8.40. The molecule has 3 nitrogen and oxygen atoms in total. The van der Waals surface area contributed by atoms with Crippen LogP contribution in [0.4, 0.5) is 0 Å². The van der Waals surface area contributed by atoms with E-state index in [0.717, 1.165) is 32.1 Å². The summed E-state index contributed by atoms with van der Waals surface area (Å²) in [5, 5.41) is 0. The first-order valence-electron chi connectivity index (χ1n) is 3.77. The van der Waals surface area contributed by atoms with Crippen molar-refractivity contribution in [3.05, 3.63) is 19.5 Å². The Kier molecular flexibility index (Phi) is 2.76. The van der Waals surface area contributed by atoms with Gasteiger partial charge in [-0.05, 0) is 19.7 Å². The number of hydrogen-bond acceptors (Lipinski definition) is 3. The second-order valence-corrected chi connectivity index (χ2v) is 2.70. The molecule has 0 unspecified atom stereocenters. The largest absolute Gasteiger partial charge is 0.483 e. The topological polar surface area (TPSA) is 15.7 Å². The molecule has 0 saturated carbocycles. The average molecular weight is 155 g/mol. The predicted molar refractivity (Wildman–Crippen MR) is 44.7 cm³/mol. The summed E-state index contributed by atoms with van der Waals surface area (Å²) in [6.45, 7) is 7.70. The third-order valence-electron chi connectivity index (χ3n) is 1.96. The van der Waals surface area contributed by atoms with Gasteiger partial charge in [0.25, 0.3) is 0 Å². The lowest BCUT2D eigenvalue weighted by molar-refractivity contribution is 0.111. The molecule has 0 aromatic heterocycles. The zero-order chi connectivity index (χ0) is 8.27. The molecule has 1 heterocycles. The molecule has 0 spiro atoms. The monoisotopic (exact) mass is 155 g/mol. The smallest absolute Gasteiger partial charge is 0.181 e. The molecular weight excluding hydrogens is 140 g/mol. The zero-order valence-corrected chi connectivity index (χ0v) is 7.05. The Labute approximate surface area is 68.2 Å². The highest BCUT2D eigenvalue weighted by Gasteiger charge is 2.11. The normalized spacial score (nSPS) is 20.0. The van der Waals surface area contributed by atoms with Crippen LogP contribution in [0.5, 0.6) is 0 Å². The molecule has 1 saturated heterocycles. The summed E-state index contributed by atoms with van der Waals surface area (Å²) in [5.41, 5.74) is 0. The first-order chi connectivity index (χ1) is 5.24. The molecule has 0 atom stereocenters. The van der Waals surface area contributed by atoms with Crippen LogP contribution in [0.15, 0.2) is 12.5 Å². The van der Waals surface area contributed by atoms with E-state index in [9.17, 15) is 0 Å².